The lowest BCUT2D eigenvalue weighted by Crippen LogP contribution is -2.12. The van der Waals surface area contributed by atoms with Gasteiger partial charge in [-0.15, -0.1) is 0 Å². The van der Waals surface area contributed by atoms with Crippen molar-refractivity contribution in [1.82, 2.24) is 0 Å². The maximum Gasteiger partial charge on any atom is 0.383 e. The molecule has 0 radical (unpaired) electrons. The SMILES string of the molecule is CCCCCCCCCCOc1c(OCC=C(C)CCC=C(C)C)c(=O)oc2cccc(OC(C)C)c12. The predicted molar refractivity (Wildman–Crippen MR) is 154 cm³/mol. The summed E-state index contributed by atoms with van der Waals surface area (Å²) in [5.41, 5.74) is 2.44. The zero-order valence-electron chi connectivity index (χ0n) is 24.0. The molecule has 0 aliphatic carbocycles. The first-order chi connectivity index (χ1) is 17.8. The van der Waals surface area contributed by atoms with Crippen LogP contribution in [0.5, 0.6) is 17.2 Å². The highest BCUT2D eigenvalue weighted by Gasteiger charge is 2.21. The van der Waals surface area contributed by atoms with Crippen LogP contribution in [-0.2, 0) is 0 Å². The fraction of sp³-hybridized carbons (Fsp3) is 0.594. The molecule has 0 saturated heterocycles. The van der Waals surface area contributed by atoms with Crippen LogP contribution in [0.3, 0.4) is 0 Å². The highest BCUT2D eigenvalue weighted by molar-refractivity contribution is 5.91. The number of ether oxygens (including phenoxy) is 3. The zero-order chi connectivity index (χ0) is 27.0. The van der Waals surface area contributed by atoms with E-state index < -0.39 is 5.63 Å². The molecule has 0 bridgehead atoms. The van der Waals surface area contributed by atoms with Crippen LogP contribution >= 0.6 is 0 Å². The highest BCUT2D eigenvalue weighted by atomic mass is 16.5. The fourth-order valence-electron chi connectivity index (χ4n) is 4.15. The molecule has 0 spiro atoms. The molecule has 206 valence electrons. The summed E-state index contributed by atoms with van der Waals surface area (Å²) in [5.74, 6) is 1.15. The Balaban J connectivity index is 2.18. The minimum atomic E-state index is -0.532. The van der Waals surface area contributed by atoms with Crippen molar-refractivity contribution in [3.8, 4) is 17.2 Å². The molecule has 1 aromatic carbocycles. The maximum atomic E-state index is 12.9. The van der Waals surface area contributed by atoms with Crippen molar-refractivity contribution in [2.75, 3.05) is 13.2 Å². The first kappa shape index (κ1) is 30.5. The van der Waals surface area contributed by atoms with E-state index in [4.69, 9.17) is 18.6 Å². The smallest absolute Gasteiger partial charge is 0.383 e. The minimum Gasteiger partial charge on any atom is -0.490 e. The number of rotatable bonds is 18. The lowest BCUT2D eigenvalue weighted by atomic mass is 10.1. The summed E-state index contributed by atoms with van der Waals surface area (Å²) in [4.78, 5) is 12.9. The fourth-order valence-corrected chi connectivity index (χ4v) is 4.15. The Kier molecular flexibility index (Phi) is 14.0. The summed E-state index contributed by atoms with van der Waals surface area (Å²) in [5, 5.41) is 0.648. The second-order valence-electron chi connectivity index (χ2n) is 10.3. The molecule has 5 nitrogen and oxygen atoms in total. The van der Waals surface area contributed by atoms with Crippen LogP contribution in [0.15, 0.2) is 50.7 Å². The van der Waals surface area contributed by atoms with Crippen LogP contribution in [0.25, 0.3) is 11.0 Å². The van der Waals surface area contributed by atoms with Crippen molar-refractivity contribution < 1.29 is 18.6 Å². The van der Waals surface area contributed by atoms with Crippen molar-refractivity contribution >= 4 is 11.0 Å². The van der Waals surface area contributed by atoms with Gasteiger partial charge in [-0.05, 0) is 72.1 Å². The average Bonchev–Trinajstić information content (AvgIpc) is 2.83. The monoisotopic (exact) mass is 512 g/mol. The van der Waals surface area contributed by atoms with Gasteiger partial charge in [0.25, 0.3) is 0 Å². The van der Waals surface area contributed by atoms with Gasteiger partial charge in [0.05, 0.1) is 12.7 Å². The number of unbranched alkanes of at least 4 members (excludes halogenated alkanes) is 7. The van der Waals surface area contributed by atoms with E-state index in [1.807, 2.05) is 32.1 Å². The van der Waals surface area contributed by atoms with Crippen molar-refractivity contribution in [3.63, 3.8) is 0 Å². The molecule has 37 heavy (non-hydrogen) atoms. The van der Waals surface area contributed by atoms with Crippen molar-refractivity contribution in [3.05, 3.63) is 51.9 Å². The van der Waals surface area contributed by atoms with E-state index in [-0.39, 0.29) is 18.5 Å². The number of fused-ring (bicyclic) bond motifs is 1. The van der Waals surface area contributed by atoms with Gasteiger partial charge in [0.2, 0.25) is 5.75 Å². The molecular weight excluding hydrogens is 464 g/mol. The summed E-state index contributed by atoms with van der Waals surface area (Å²) in [6.45, 7) is 13.3. The van der Waals surface area contributed by atoms with Crippen molar-refractivity contribution in [2.24, 2.45) is 0 Å². The summed E-state index contributed by atoms with van der Waals surface area (Å²) in [6, 6.07) is 5.47. The van der Waals surface area contributed by atoms with E-state index in [1.54, 1.807) is 6.07 Å². The number of hydrogen-bond donors (Lipinski definition) is 0. The Morgan fingerprint density at radius 3 is 2.30 bits per heavy atom. The largest absolute Gasteiger partial charge is 0.490 e. The van der Waals surface area contributed by atoms with E-state index in [0.717, 1.165) is 25.7 Å². The third-order valence-electron chi connectivity index (χ3n) is 6.17. The van der Waals surface area contributed by atoms with Crippen LogP contribution in [0.1, 0.15) is 106 Å². The Morgan fingerprint density at radius 2 is 1.62 bits per heavy atom. The van der Waals surface area contributed by atoms with E-state index >= 15 is 0 Å². The molecule has 0 N–H and O–H groups in total. The Bertz CT molecular complexity index is 1060. The molecular formula is C32H48O5. The minimum absolute atomic E-state index is 0.0335. The molecule has 1 aromatic heterocycles. The van der Waals surface area contributed by atoms with Crippen molar-refractivity contribution in [1.29, 1.82) is 0 Å². The van der Waals surface area contributed by atoms with Crippen LogP contribution < -0.4 is 19.8 Å². The van der Waals surface area contributed by atoms with Crippen LogP contribution in [0.4, 0.5) is 0 Å². The second-order valence-corrected chi connectivity index (χ2v) is 10.3. The Hall–Kier alpha value is -2.69. The van der Waals surface area contributed by atoms with Gasteiger partial charge in [-0.25, -0.2) is 4.79 Å². The highest BCUT2D eigenvalue weighted by Crippen LogP contribution is 2.39. The lowest BCUT2D eigenvalue weighted by Gasteiger charge is -2.17. The van der Waals surface area contributed by atoms with E-state index in [2.05, 4.69) is 33.8 Å². The molecule has 0 aliphatic rings. The molecule has 0 amide bonds. The Labute approximate surface area is 223 Å². The second kappa shape index (κ2) is 16.9. The summed E-state index contributed by atoms with van der Waals surface area (Å²) in [7, 11) is 0. The molecule has 0 aliphatic heterocycles. The first-order valence-corrected chi connectivity index (χ1v) is 14.1. The van der Waals surface area contributed by atoms with E-state index in [1.165, 1.54) is 49.7 Å². The molecule has 0 saturated carbocycles. The standard InChI is InChI=1S/C32H48O5/c1-7-8-9-10-11-12-13-14-22-34-30-29-27(36-25(4)5)19-16-20-28(29)37-32(33)31(30)35-23-21-26(6)18-15-17-24(2)3/h16-17,19-21,25H,7-15,18,22-23H2,1-6H3. The third kappa shape index (κ3) is 11.1. The quantitative estimate of drug-likeness (QED) is 0.113. The lowest BCUT2D eigenvalue weighted by molar-refractivity contribution is 0.241. The molecule has 0 unspecified atom stereocenters. The third-order valence-corrected chi connectivity index (χ3v) is 6.17. The number of benzene rings is 1. The topological polar surface area (TPSA) is 57.9 Å². The van der Waals surface area contributed by atoms with Gasteiger partial charge in [0.1, 0.15) is 23.3 Å². The summed E-state index contributed by atoms with van der Waals surface area (Å²) < 4.78 is 23.9. The normalized spacial score (nSPS) is 11.7. The number of allylic oxidation sites excluding steroid dienone is 3. The van der Waals surface area contributed by atoms with E-state index in [0.29, 0.717) is 29.1 Å². The van der Waals surface area contributed by atoms with Gasteiger partial charge in [-0.2, -0.15) is 0 Å². The summed E-state index contributed by atoms with van der Waals surface area (Å²) >= 11 is 0. The molecule has 2 aromatic rings. The van der Waals surface area contributed by atoms with E-state index in [9.17, 15) is 4.79 Å². The van der Waals surface area contributed by atoms with Gasteiger partial charge in [0, 0.05) is 0 Å². The van der Waals surface area contributed by atoms with Gasteiger partial charge in [-0.3, -0.25) is 0 Å². The van der Waals surface area contributed by atoms with Gasteiger partial charge < -0.3 is 18.6 Å². The van der Waals surface area contributed by atoms with Gasteiger partial charge in [0.15, 0.2) is 5.75 Å². The van der Waals surface area contributed by atoms with Crippen LogP contribution in [-0.4, -0.2) is 19.3 Å². The van der Waals surface area contributed by atoms with Gasteiger partial charge in [-0.1, -0.05) is 75.2 Å². The van der Waals surface area contributed by atoms with Crippen LogP contribution in [0.2, 0.25) is 0 Å². The Morgan fingerprint density at radius 1 is 0.919 bits per heavy atom. The van der Waals surface area contributed by atoms with Crippen molar-refractivity contribution in [2.45, 2.75) is 112 Å². The average molecular weight is 513 g/mol. The summed E-state index contributed by atoms with van der Waals surface area (Å²) in [6.07, 6.45) is 15.8. The molecule has 5 heteroatoms. The molecule has 0 fully saturated rings. The first-order valence-electron chi connectivity index (χ1n) is 14.1. The van der Waals surface area contributed by atoms with Crippen LogP contribution in [0, 0.1) is 0 Å². The zero-order valence-corrected chi connectivity index (χ0v) is 24.0. The maximum absolute atomic E-state index is 12.9. The number of hydrogen-bond acceptors (Lipinski definition) is 5. The van der Waals surface area contributed by atoms with Gasteiger partial charge >= 0.3 is 5.63 Å². The molecule has 0 atom stereocenters. The molecule has 1 heterocycles. The molecule has 2 rings (SSSR count). The predicted octanol–water partition coefficient (Wildman–Crippen LogP) is 9.17.